The summed E-state index contributed by atoms with van der Waals surface area (Å²) in [5, 5.41) is 2.98. The van der Waals surface area contributed by atoms with Crippen LogP contribution in [0.25, 0.3) is 11.0 Å². The first-order chi connectivity index (χ1) is 12.1. The highest BCUT2D eigenvalue weighted by molar-refractivity contribution is 5.97. The molecule has 0 spiro atoms. The van der Waals surface area contributed by atoms with Gasteiger partial charge >= 0.3 is 5.69 Å². The van der Waals surface area contributed by atoms with E-state index in [9.17, 15) is 9.59 Å². The van der Waals surface area contributed by atoms with Crippen molar-refractivity contribution in [3.8, 4) is 0 Å². The quantitative estimate of drug-likeness (QED) is 0.819. The molecule has 1 aliphatic carbocycles. The first-order valence-electron chi connectivity index (χ1n) is 9.02. The number of fused-ring (bicyclic) bond motifs is 1. The van der Waals surface area contributed by atoms with Gasteiger partial charge in [0, 0.05) is 37.8 Å². The average molecular weight is 340 g/mol. The van der Waals surface area contributed by atoms with Crippen molar-refractivity contribution in [2.45, 2.75) is 32.2 Å². The first-order valence-corrected chi connectivity index (χ1v) is 9.02. The minimum atomic E-state index is -0.0920. The molecule has 1 amide bonds. The second-order valence-corrected chi connectivity index (χ2v) is 7.12. The molecule has 0 atom stereocenters. The summed E-state index contributed by atoms with van der Waals surface area (Å²) < 4.78 is 1.81. The molecule has 1 fully saturated rings. The van der Waals surface area contributed by atoms with Crippen LogP contribution < -0.4 is 11.0 Å². The number of hydrogen-bond donors (Lipinski definition) is 2. The smallest absolute Gasteiger partial charge is 0.326 e. The van der Waals surface area contributed by atoms with Crippen molar-refractivity contribution in [3.63, 3.8) is 0 Å². The van der Waals surface area contributed by atoms with Gasteiger partial charge in [-0.2, -0.15) is 0 Å². The molecular weight excluding hydrogens is 316 g/mol. The summed E-state index contributed by atoms with van der Waals surface area (Å²) in [6.07, 6.45) is 5.47. The molecule has 1 aliphatic heterocycles. The van der Waals surface area contributed by atoms with Crippen LogP contribution in [0, 0.1) is 0 Å². The maximum absolute atomic E-state index is 12.4. The zero-order chi connectivity index (χ0) is 17.4. The fourth-order valence-electron chi connectivity index (χ4n) is 3.41. The third kappa shape index (κ3) is 3.39. The van der Waals surface area contributed by atoms with Crippen molar-refractivity contribution >= 4 is 16.9 Å². The van der Waals surface area contributed by atoms with Gasteiger partial charge in [-0.25, -0.2) is 4.79 Å². The molecule has 0 saturated heterocycles. The van der Waals surface area contributed by atoms with Crippen molar-refractivity contribution in [2.24, 2.45) is 0 Å². The van der Waals surface area contributed by atoms with Gasteiger partial charge in [0.15, 0.2) is 0 Å². The number of carbonyl (C=O) groups excluding carboxylic acids is 1. The van der Waals surface area contributed by atoms with Gasteiger partial charge in [-0.05, 0) is 44.4 Å². The van der Waals surface area contributed by atoms with Crippen LogP contribution in [0.5, 0.6) is 0 Å². The number of imidazole rings is 1. The van der Waals surface area contributed by atoms with Crippen molar-refractivity contribution in [3.05, 3.63) is 45.9 Å². The van der Waals surface area contributed by atoms with Gasteiger partial charge < -0.3 is 10.3 Å². The Hall–Kier alpha value is -2.34. The molecule has 1 aromatic heterocycles. The fraction of sp³-hybridized carbons (Fsp3) is 0.474. The van der Waals surface area contributed by atoms with Crippen LogP contribution in [-0.2, 0) is 0 Å². The number of nitrogens with one attached hydrogen (secondary N) is 2. The molecular formula is C19H24N4O2. The molecule has 0 bridgehead atoms. The van der Waals surface area contributed by atoms with E-state index >= 15 is 0 Å². The lowest BCUT2D eigenvalue weighted by atomic mass is 10.1. The average Bonchev–Trinajstić information content (AvgIpc) is 3.38. The minimum absolute atomic E-state index is 0.0801. The van der Waals surface area contributed by atoms with Crippen LogP contribution in [0.2, 0.25) is 0 Å². The summed E-state index contributed by atoms with van der Waals surface area (Å²) in [5.74, 6) is -0.0920. The van der Waals surface area contributed by atoms with E-state index < -0.39 is 0 Å². The number of rotatable bonds is 5. The van der Waals surface area contributed by atoms with Gasteiger partial charge in [0.05, 0.1) is 11.0 Å². The first kappa shape index (κ1) is 16.1. The highest BCUT2D eigenvalue weighted by Crippen LogP contribution is 2.35. The lowest BCUT2D eigenvalue weighted by molar-refractivity contribution is 0.0949. The zero-order valence-electron chi connectivity index (χ0n) is 14.5. The van der Waals surface area contributed by atoms with E-state index in [2.05, 4.69) is 28.2 Å². The lowest BCUT2D eigenvalue weighted by Gasteiger charge is -2.25. The van der Waals surface area contributed by atoms with Gasteiger partial charge in [-0.3, -0.25) is 14.3 Å². The van der Waals surface area contributed by atoms with E-state index in [0.29, 0.717) is 18.2 Å². The Balaban J connectivity index is 1.39. The molecule has 0 radical (unpaired) electrons. The summed E-state index contributed by atoms with van der Waals surface area (Å²) in [5.41, 5.74) is 3.58. The number of aromatic amines is 1. The molecule has 6 nitrogen and oxygen atoms in total. The van der Waals surface area contributed by atoms with Gasteiger partial charge in [-0.15, -0.1) is 0 Å². The third-order valence-corrected chi connectivity index (χ3v) is 5.12. The van der Waals surface area contributed by atoms with E-state index in [-0.39, 0.29) is 11.6 Å². The summed E-state index contributed by atoms with van der Waals surface area (Å²) in [6, 6.07) is 5.77. The van der Waals surface area contributed by atoms with Crippen molar-refractivity contribution < 1.29 is 4.79 Å². The second kappa shape index (κ2) is 6.52. The minimum Gasteiger partial charge on any atom is -0.351 e. The van der Waals surface area contributed by atoms with Crippen LogP contribution in [0.4, 0.5) is 0 Å². The third-order valence-electron chi connectivity index (χ3n) is 5.12. The van der Waals surface area contributed by atoms with Gasteiger partial charge in [0.2, 0.25) is 0 Å². The Kier molecular flexibility index (Phi) is 4.21. The van der Waals surface area contributed by atoms with Gasteiger partial charge in [0.25, 0.3) is 5.91 Å². The Labute approximate surface area is 146 Å². The van der Waals surface area contributed by atoms with Crippen LogP contribution in [0.1, 0.15) is 42.6 Å². The van der Waals surface area contributed by atoms with Crippen molar-refractivity contribution in [1.29, 1.82) is 0 Å². The predicted octanol–water partition coefficient (Wildman–Crippen LogP) is 2.05. The summed E-state index contributed by atoms with van der Waals surface area (Å²) >= 11 is 0. The van der Waals surface area contributed by atoms with E-state index in [1.54, 1.807) is 12.1 Å². The number of amides is 1. The van der Waals surface area contributed by atoms with Gasteiger partial charge in [-0.1, -0.05) is 11.6 Å². The van der Waals surface area contributed by atoms with E-state index in [1.165, 1.54) is 5.57 Å². The van der Waals surface area contributed by atoms with E-state index in [0.717, 1.165) is 49.9 Å². The Morgan fingerprint density at radius 3 is 2.92 bits per heavy atom. The molecule has 2 heterocycles. The van der Waals surface area contributed by atoms with Crippen LogP contribution in [-0.4, -0.2) is 46.5 Å². The molecule has 2 aliphatic rings. The molecule has 0 unspecified atom stereocenters. The largest absolute Gasteiger partial charge is 0.351 e. The molecule has 1 aromatic carbocycles. The maximum Gasteiger partial charge on any atom is 0.326 e. The Bertz CT molecular complexity index is 888. The summed E-state index contributed by atoms with van der Waals surface area (Å²) in [7, 11) is 0. The second-order valence-electron chi connectivity index (χ2n) is 7.12. The SMILES string of the molecule is CC1=CCN(CCNC(=O)c2ccc3c(c2)[nH]c(=O)n3C2CC2)CC1. The topological polar surface area (TPSA) is 70.1 Å². The van der Waals surface area contributed by atoms with E-state index in [4.69, 9.17) is 0 Å². The standard InChI is InChI=1S/C19H24N4O2/c1-13-6-9-22(10-7-13)11-8-20-18(24)14-2-5-17-16(12-14)21-19(25)23(17)15-3-4-15/h2,5-6,12,15H,3-4,7-11H2,1H3,(H,20,24)(H,21,25). The van der Waals surface area contributed by atoms with E-state index in [1.807, 2.05) is 10.6 Å². The molecule has 132 valence electrons. The van der Waals surface area contributed by atoms with Crippen molar-refractivity contribution in [1.82, 2.24) is 19.8 Å². The summed E-state index contributed by atoms with van der Waals surface area (Å²) in [4.78, 5) is 29.7. The number of benzene rings is 1. The van der Waals surface area contributed by atoms with Crippen LogP contribution in [0.15, 0.2) is 34.6 Å². The van der Waals surface area contributed by atoms with Crippen molar-refractivity contribution in [2.75, 3.05) is 26.2 Å². The highest BCUT2D eigenvalue weighted by Gasteiger charge is 2.27. The van der Waals surface area contributed by atoms with Gasteiger partial charge in [0.1, 0.15) is 0 Å². The number of carbonyl (C=O) groups is 1. The molecule has 1 saturated carbocycles. The highest BCUT2D eigenvalue weighted by atomic mass is 16.2. The Morgan fingerprint density at radius 2 is 2.20 bits per heavy atom. The van der Waals surface area contributed by atoms with Crippen LogP contribution >= 0.6 is 0 Å². The fourth-order valence-corrected chi connectivity index (χ4v) is 3.41. The van der Waals surface area contributed by atoms with Crippen LogP contribution in [0.3, 0.4) is 0 Å². The molecule has 2 N–H and O–H groups in total. The zero-order valence-corrected chi connectivity index (χ0v) is 14.5. The lowest BCUT2D eigenvalue weighted by Crippen LogP contribution is -2.37. The number of H-pyrrole nitrogens is 1. The molecule has 6 heteroatoms. The monoisotopic (exact) mass is 340 g/mol. The molecule has 25 heavy (non-hydrogen) atoms. The summed E-state index contributed by atoms with van der Waals surface area (Å²) in [6.45, 7) is 5.66. The Morgan fingerprint density at radius 1 is 1.36 bits per heavy atom. The normalized spacial score (nSPS) is 18.4. The number of nitrogens with zero attached hydrogens (tertiary/aromatic N) is 2. The predicted molar refractivity (Wildman–Crippen MR) is 98.0 cm³/mol. The number of hydrogen-bond acceptors (Lipinski definition) is 3. The molecule has 2 aromatic rings. The number of aromatic nitrogens is 2. The molecule has 4 rings (SSSR count). The maximum atomic E-state index is 12.4.